The zero-order chi connectivity index (χ0) is 16.1. The van der Waals surface area contributed by atoms with Crippen molar-refractivity contribution in [3.8, 4) is 0 Å². The van der Waals surface area contributed by atoms with Crippen LogP contribution in [0.15, 0.2) is 30.3 Å². The molecule has 1 saturated heterocycles. The third-order valence-electron chi connectivity index (χ3n) is 7.02. The van der Waals surface area contributed by atoms with Crippen LogP contribution in [0.4, 0.5) is 0 Å². The molecule has 1 atom stereocenters. The van der Waals surface area contributed by atoms with Gasteiger partial charge in [0.1, 0.15) is 6.10 Å². The third kappa shape index (κ3) is 2.40. The summed E-state index contributed by atoms with van der Waals surface area (Å²) >= 11 is 0. The molecule has 0 aromatic heterocycles. The van der Waals surface area contributed by atoms with Crippen molar-refractivity contribution < 1.29 is 9.53 Å². The molecule has 1 amide bonds. The van der Waals surface area contributed by atoms with Gasteiger partial charge in [-0.15, -0.1) is 0 Å². The first kappa shape index (κ1) is 14.9. The van der Waals surface area contributed by atoms with Crippen LogP contribution >= 0.6 is 0 Å². The van der Waals surface area contributed by atoms with Crippen molar-refractivity contribution in [1.82, 2.24) is 4.90 Å². The summed E-state index contributed by atoms with van der Waals surface area (Å²) in [7, 11) is 0. The summed E-state index contributed by atoms with van der Waals surface area (Å²) in [5, 5.41) is 0. The predicted octanol–water partition coefficient (Wildman–Crippen LogP) is 3.80. The highest BCUT2D eigenvalue weighted by molar-refractivity contribution is 5.83. The van der Waals surface area contributed by atoms with E-state index in [2.05, 4.69) is 29.2 Å². The highest BCUT2D eigenvalue weighted by Crippen LogP contribution is 2.60. The number of nitrogens with zero attached hydrogens (tertiary/aromatic N) is 1. The number of ether oxygens (including phenoxy) is 1. The lowest BCUT2D eigenvalue weighted by atomic mass is 9.49. The van der Waals surface area contributed by atoms with Crippen molar-refractivity contribution in [2.24, 2.45) is 23.2 Å². The molecule has 1 aromatic rings. The number of morpholine rings is 1. The van der Waals surface area contributed by atoms with Crippen LogP contribution < -0.4 is 0 Å². The van der Waals surface area contributed by atoms with Crippen molar-refractivity contribution in [2.45, 2.75) is 44.6 Å². The van der Waals surface area contributed by atoms with Gasteiger partial charge < -0.3 is 9.64 Å². The molecule has 128 valence electrons. The van der Waals surface area contributed by atoms with E-state index in [1.807, 2.05) is 6.07 Å². The van der Waals surface area contributed by atoms with E-state index in [9.17, 15) is 4.79 Å². The molecule has 5 aliphatic rings. The topological polar surface area (TPSA) is 29.5 Å². The minimum atomic E-state index is -0.0205. The molecule has 0 radical (unpaired) electrons. The van der Waals surface area contributed by atoms with E-state index < -0.39 is 0 Å². The summed E-state index contributed by atoms with van der Waals surface area (Å²) in [6, 6.07) is 10.4. The van der Waals surface area contributed by atoms with Gasteiger partial charge in [-0.25, -0.2) is 0 Å². The Labute approximate surface area is 144 Å². The predicted molar refractivity (Wildman–Crippen MR) is 92.3 cm³/mol. The first-order chi connectivity index (χ1) is 11.7. The van der Waals surface area contributed by atoms with Gasteiger partial charge in [0.15, 0.2) is 0 Å². The molecule has 6 rings (SSSR count). The van der Waals surface area contributed by atoms with Crippen LogP contribution in [-0.4, -0.2) is 30.5 Å². The number of hydrogen-bond acceptors (Lipinski definition) is 2. The van der Waals surface area contributed by atoms with E-state index in [0.717, 1.165) is 50.1 Å². The Morgan fingerprint density at radius 1 is 1.00 bits per heavy atom. The largest absolute Gasteiger partial charge is 0.370 e. The highest BCUT2D eigenvalue weighted by Gasteiger charge is 2.55. The zero-order valence-corrected chi connectivity index (χ0v) is 14.3. The molecule has 24 heavy (non-hydrogen) atoms. The van der Waals surface area contributed by atoms with Gasteiger partial charge in [-0.05, 0) is 61.8 Å². The van der Waals surface area contributed by atoms with Crippen LogP contribution in [0.25, 0.3) is 0 Å². The summed E-state index contributed by atoms with van der Waals surface area (Å²) in [4.78, 5) is 15.6. The molecule has 4 aliphatic carbocycles. The summed E-state index contributed by atoms with van der Waals surface area (Å²) < 4.78 is 5.97. The maximum Gasteiger partial charge on any atom is 0.228 e. The fourth-order valence-corrected chi connectivity index (χ4v) is 6.41. The Kier molecular flexibility index (Phi) is 3.48. The molecule has 1 heterocycles. The number of carbonyl (C=O) groups excluding carboxylic acids is 1. The van der Waals surface area contributed by atoms with Crippen molar-refractivity contribution in [3.05, 3.63) is 35.9 Å². The number of rotatable bonds is 2. The summed E-state index contributed by atoms with van der Waals surface area (Å²) in [5.74, 6) is 2.93. The van der Waals surface area contributed by atoms with E-state index in [1.165, 1.54) is 24.8 Å². The Balaban J connectivity index is 1.35. The summed E-state index contributed by atoms with van der Waals surface area (Å²) in [6.45, 7) is 2.16. The lowest BCUT2D eigenvalue weighted by Gasteiger charge is -2.57. The van der Waals surface area contributed by atoms with Crippen molar-refractivity contribution in [1.29, 1.82) is 0 Å². The van der Waals surface area contributed by atoms with Crippen molar-refractivity contribution >= 4 is 5.91 Å². The number of carbonyl (C=O) groups is 1. The molecule has 3 heteroatoms. The lowest BCUT2D eigenvalue weighted by molar-refractivity contribution is -0.164. The van der Waals surface area contributed by atoms with E-state index in [-0.39, 0.29) is 11.5 Å². The Hall–Kier alpha value is -1.35. The molecule has 1 aliphatic heterocycles. The standard InChI is InChI=1S/C21H27NO2/c23-20(21-11-15-8-16(12-21)10-17(9-15)13-21)22-6-7-24-19(14-22)18-4-2-1-3-5-18/h1-5,15-17,19H,6-14H2/t15?,16?,17?,19-,21?/m0/s1. The Bertz CT molecular complexity index is 591. The van der Waals surface area contributed by atoms with Crippen LogP contribution in [-0.2, 0) is 9.53 Å². The van der Waals surface area contributed by atoms with Gasteiger partial charge in [-0.3, -0.25) is 4.79 Å². The Morgan fingerprint density at radius 2 is 1.62 bits per heavy atom. The maximum absolute atomic E-state index is 13.5. The van der Waals surface area contributed by atoms with Gasteiger partial charge in [0.05, 0.1) is 18.6 Å². The van der Waals surface area contributed by atoms with Gasteiger partial charge in [0, 0.05) is 6.54 Å². The number of hydrogen-bond donors (Lipinski definition) is 0. The zero-order valence-electron chi connectivity index (χ0n) is 14.3. The van der Waals surface area contributed by atoms with E-state index in [4.69, 9.17) is 4.74 Å². The van der Waals surface area contributed by atoms with E-state index >= 15 is 0 Å². The van der Waals surface area contributed by atoms with Gasteiger partial charge >= 0.3 is 0 Å². The molecular formula is C21H27NO2. The smallest absolute Gasteiger partial charge is 0.228 e. The first-order valence-corrected chi connectivity index (χ1v) is 9.68. The number of benzene rings is 1. The quantitative estimate of drug-likeness (QED) is 0.827. The second-order valence-electron chi connectivity index (χ2n) is 8.72. The monoisotopic (exact) mass is 325 g/mol. The molecule has 4 saturated carbocycles. The van der Waals surface area contributed by atoms with E-state index in [0.29, 0.717) is 12.5 Å². The third-order valence-corrected chi connectivity index (χ3v) is 7.02. The minimum absolute atomic E-state index is 0.0205. The average molecular weight is 325 g/mol. The second kappa shape index (κ2) is 5.59. The molecule has 5 fully saturated rings. The van der Waals surface area contributed by atoms with Crippen molar-refractivity contribution in [2.75, 3.05) is 19.7 Å². The summed E-state index contributed by atoms with van der Waals surface area (Å²) in [5.41, 5.74) is 1.17. The van der Waals surface area contributed by atoms with Gasteiger partial charge in [0.25, 0.3) is 0 Å². The second-order valence-corrected chi connectivity index (χ2v) is 8.72. The fraction of sp³-hybridized carbons (Fsp3) is 0.667. The average Bonchev–Trinajstić information content (AvgIpc) is 2.61. The van der Waals surface area contributed by atoms with Crippen LogP contribution in [0.1, 0.15) is 50.2 Å². The van der Waals surface area contributed by atoms with Gasteiger partial charge in [-0.2, -0.15) is 0 Å². The normalized spacial score (nSPS) is 40.8. The van der Waals surface area contributed by atoms with E-state index in [1.54, 1.807) is 0 Å². The van der Waals surface area contributed by atoms with Crippen LogP contribution in [0.5, 0.6) is 0 Å². The molecule has 0 N–H and O–H groups in total. The SMILES string of the molecule is O=C(N1CCO[C@H](c2ccccc2)C1)C12CC3CC(CC(C3)C1)C2. The Morgan fingerprint density at radius 3 is 2.25 bits per heavy atom. The fourth-order valence-electron chi connectivity index (χ4n) is 6.41. The van der Waals surface area contributed by atoms with Gasteiger partial charge in [-0.1, -0.05) is 30.3 Å². The van der Waals surface area contributed by atoms with Crippen LogP contribution in [0, 0.1) is 23.2 Å². The van der Waals surface area contributed by atoms with Crippen LogP contribution in [0.3, 0.4) is 0 Å². The number of amides is 1. The minimum Gasteiger partial charge on any atom is -0.370 e. The molecule has 3 nitrogen and oxygen atoms in total. The molecule has 1 aromatic carbocycles. The molecule has 0 unspecified atom stereocenters. The highest BCUT2D eigenvalue weighted by atomic mass is 16.5. The lowest BCUT2D eigenvalue weighted by Crippen LogP contribution is -2.56. The van der Waals surface area contributed by atoms with Crippen LogP contribution in [0.2, 0.25) is 0 Å². The summed E-state index contributed by atoms with van der Waals surface area (Å²) in [6.07, 6.45) is 7.69. The maximum atomic E-state index is 13.5. The molecule has 0 spiro atoms. The van der Waals surface area contributed by atoms with Crippen molar-refractivity contribution in [3.63, 3.8) is 0 Å². The molecule has 4 bridgehead atoms. The first-order valence-electron chi connectivity index (χ1n) is 9.68. The van der Waals surface area contributed by atoms with Gasteiger partial charge in [0.2, 0.25) is 5.91 Å². The molecular weight excluding hydrogens is 298 g/mol.